The van der Waals surface area contributed by atoms with E-state index in [4.69, 9.17) is 0 Å². The summed E-state index contributed by atoms with van der Waals surface area (Å²) in [6.45, 7) is 5.64. The number of hydrogen-bond donors (Lipinski definition) is 1. The maximum atomic E-state index is 3.20. The van der Waals surface area contributed by atoms with E-state index in [9.17, 15) is 0 Å². The van der Waals surface area contributed by atoms with Crippen molar-refractivity contribution in [3.8, 4) is 0 Å². The Labute approximate surface area is 118 Å². The highest BCUT2D eigenvalue weighted by atomic mass is 15.1. The van der Waals surface area contributed by atoms with Gasteiger partial charge in [0.15, 0.2) is 0 Å². The molecule has 0 radical (unpaired) electrons. The van der Waals surface area contributed by atoms with E-state index >= 15 is 0 Å². The van der Waals surface area contributed by atoms with Crippen molar-refractivity contribution in [1.29, 1.82) is 0 Å². The molecule has 0 atom stereocenters. The number of benzene rings is 1. The summed E-state index contributed by atoms with van der Waals surface area (Å²) in [5, 5.41) is 3.20. The Kier molecular flexibility index (Phi) is 5.87. The van der Waals surface area contributed by atoms with Gasteiger partial charge < -0.3 is 5.32 Å². The van der Waals surface area contributed by atoms with Crippen molar-refractivity contribution in [2.75, 3.05) is 20.1 Å². The molecule has 0 bridgehead atoms. The second-order valence-electron chi connectivity index (χ2n) is 5.67. The van der Waals surface area contributed by atoms with Gasteiger partial charge in [0, 0.05) is 12.6 Å². The summed E-state index contributed by atoms with van der Waals surface area (Å²) >= 11 is 0. The summed E-state index contributed by atoms with van der Waals surface area (Å²) in [7, 11) is 2.01. The Bertz CT molecular complexity index is 352. The molecule has 0 heterocycles. The number of hydrogen-bond acceptors (Lipinski definition) is 2. The van der Waals surface area contributed by atoms with Gasteiger partial charge >= 0.3 is 0 Å². The van der Waals surface area contributed by atoms with Crippen LogP contribution in [-0.2, 0) is 13.0 Å². The number of nitrogens with one attached hydrogen (secondary N) is 1. The minimum Gasteiger partial charge on any atom is -0.319 e. The van der Waals surface area contributed by atoms with Gasteiger partial charge in [-0.05, 0) is 50.5 Å². The molecule has 0 spiro atoms. The van der Waals surface area contributed by atoms with Gasteiger partial charge in [0.25, 0.3) is 0 Å². The molecule has 0 amide bonds. The molecule has 1 aliphatic rings. The quantitative estimate of drug-likeness (QED) is 0.810. The van der Waals surface area contributed by atoms with Crippen molar-refractivity contribution in [2.24, 2.45) is 0 Å². The van der Waals surface area contributed by atoms with Crippen LogP contribution in [0.2, 0.25) is 0 Å². The average molecular weight is 260 g/mol. The van der Waals surface area contributed by atoms with Gasteiger partial charge in [-0.1, -0.05) is 44.0 Å². The highest BCUT2D eigenvalue weighted by molar-refractivity contribution is 5.22. The zero-order valence-electron chi connectivity index (χ0n) is 12.5. The summed E-state index contributed by atoms with van der Waals surface area (Å²) in [4.78, 5) is 2.65. The van der Waals surface area contributed by atoms with Crippen molar-refractivity contribution in [3.63, 3.8) is 0 Å². The molecule has 0 saturated heterocycles. The molecule has 1 N–H and O–H groups in total. The summed E-state index contributed by atoms with van der Waals surface area (Å²) in [6, 6.07) is 10.0. The summed E-state index contributed by atoms with van der Waals surface area (Å²) in [6.07, 6.45) is 6.76. The average Bonchev–Trinajstić information content (AvgIpc) is 2.98. The van der Waals surface area contributed by atoms with Crippen LogP contribution in [0.5, 0.6) is 0 Å². The Morgan fingerprint density at radius 2 is 1.74 bits per heavy atom. The highest BCUT2D eigenvalue weighted by Crippen LogP contribution is 2.24. The first-order chi connectivity index (χ1) is 9.33. The second kappa shape index (κ2) is 7.66. The lowest BCUT2D eigenvalue weighted by molar-refractivity contribution is 0.200. The molecule has 106 valence electrons. The molecule has 1 fully saturated rings. The first-order valence-corrected chi connectivity index (χ1v) is 7.80. The largest absolute Gasteiger partial charge is 0.319 e. The monoisotopic (exact) mass is 260 g/mol. The fourth-order valence-electron chi connectivity index (χ4n) is 3.08. The lowest BCUT2D eigenvalue weighted by Gasteiger charge is -2.27. The maximum absolute atomic E-state index is 3.20. The number of likely N-dealkylation sites (N-methyl/N-ethyl adjacent to an activating group) is 1. The Morgan fingerprint density at radius 3 is 2.32 bits per heavy atom. The van der Waals surface area contributed by atoms with Crippen LogP contribution in [0.4, 0.5) is 0 Å². The van der Waals surface area contributed by atoms with Gasteiger partial charge in [0.2, 0.25) is 0 Å². The summed E-state index contributed by atoms with van der Waals surface area (Å²) in [5.41, 5.74) is 2.89. The van der Waals surface area contributed by atoms with Crippen molar-refractivity contribution in [1.82, 2.24) is 10.2 Å². The molecule has 2 heteroatoms. The second-order valence-corrected chi connectivity index (χ2v) is 5.67. The van der Waals surface area contributed by atoms with Crippen LogP contribution in [0.15, 0.2) is 24.3 Å². The van der Waals surface area contributed by atoms with Gasteiger partial charge in [-0.15, -0.1) is 0 Å². The van der Waals surface area contributed by atoms with E-state index in [1.165, 1.54) is 43.4 Å². The lowest BCUT2D eigenvalue weighted by Crippen LogP contribution is -2.32. The van der Waals surface area contributed by atoms with Gasteiger partial charge in [-0.3, -0.25) is 4.90 Å². The topological polar surface area (TPSA) is 15.3 Å². The molecule has 19 heavy (non-hydrogen) atoms. The molecule has 2 nitrogen and oxygen atoms in total. The van der Waals surface area contributed by atoms with Crippen LogP contribution in [0, 0.1) is 0 Å². The van der Waals surface area contributed by atoms with Crippen molar-refractivity contribution >= 4 is 0 Å². The van der Waals surface area contributed by atoms with Crippen LogP contribution in [0.3, 0.4) is 0 Å². The van der Waals surface area contributed by atoms with Crippen LogP contribution >= 0.6 is 0 Å². The third-order valence-electron chi connectivity index (χ3n) is 4.32. The maximum Gasteiger partial charge on any atom is 0.0236 e. The molecule has 1 aliphatic carbocycles. The molecule has 0 aromatic heterocycles. The fraction of sp³-hybridized carbons (Fsp3) is 0.647. The molecule has 0 unspecified atom stereocenters. The summed E-state index contributed by atoms with van der Waals surface area (Å²) < 4.78 is 0. The van der Waals surface area contributed by atoms with E-state index in [0.29, 0.717) is 0 Å². The summed E-state index contributed by atoms with van der Waals surface area (Å²) in [5.74, 6) is 0. The van der Waals surface area contributed by atoms with E-state index < -0.39 is 0 Å². The standard InChI is InChI=1S/C17H28N2/c1-3-19(17-6-4-5-7-17)14-16-10-8-15(9-11-16)12-13-18-2/h8-11,17-18H,3-7,12-14H2,1-2H3. The van der Waals surface area contributed by atoms with E-state index in [0.717, 1.165) is 25.6 Å². The van der Waals surface area contributed by atoms with E-state index in [-0.39, 0.29) is 0 Å². The van der Waals surface area contributed by atoms with E-state index in [1.54, 1.807) is 0 Å². The van der Waals surface area contributed by atoms with Crippen molar-refractivity contribution in [2.45, 2.75) is 51.6 Å². The normalized spacial score (nSPS) is 16.4. The first kappa shape index (κ1) is 14.5. The Hall–Kier alpha value is -0.860. The fourth-order valence-corrected chi connectivity index (χ4v) is 3.08. The van der Waals surface area contributed by atoms with Crippen LogP contribution in [0.25, 0.3) is 0 Å². The van der Waals surface area contributed by atoms with Crippen LogP contribution in [-0.4, -0.2) is 31.1 Å². The van der Waals surface area contributed by atoms with Crippen LogP contribution < -0.4 is 5.32 Å². The minimum atomic E-state index is 0.828. The zero-order chi connectivity index (χ0) is 13.5. The number of nitrogens with zero attached hydrogens (tertiary/aromatic N) is 1. The lowest BCUT2D eigenvalue weighted by atomic mass is 10.1. The van der Waals surface area contributed by atoms with E-state index in [2.05, 4.69) is 41.4 Å². The smallest absolute Gasteiger partial charge is 0.0236 e. The molecule has 2 rings (SSSR count). The third-order valence-corrected chi connectivity index (χ3v) is 4.32. The SMILES string of the molecule is CCN(Cc1ccc(CCNC)cc1)C1CCCC1. The molecule has 1 saturated carbocycles. The number of rotatable bonds is 7. The van der Waals surface area contributed by atoms with Gasteiger partial charge in [-0.25, -0.2) is 0 Å². The Morgan fingerprint density at radius 1 is 1.11 bits per heavy atom. The predicted molar refractivity (Wildman–Crippen MR) is 82.4 cm³/mol. The molecular formula is C17H28N2. The predicted octanol–water partition coefficient (Wildman–Crippen LogP) is 3.21. The van der Waals surface area contributed by atoms with Crippen molar-refractivity contribution < 1.29 is 0 Å². The molecular weight excluding hydrogens is 232 g/mol. The van der Waals surface area contributed by atoms with Gasteiger partial charge in [-0.2, -0.15) is 0 Å². The first-order valence-electron chi connectivity index (χ1n) is 7.80. The molecule has 1 aromatic carbocycles. The Balaban J connectivity index is 1.89. The van der Waals surface area contributed by atoms with Gasteiger partial charge in [0.1, 0.15) is 0 Å². The third kappa shape index (κ3) is 4.32. The molecule has 1 aromatic rings. The van der Waals surface area contributed by atoms with Crippen LogP contribution in [0.1, 0.15) is 43.7 Å². The minimum absolute atomic E-state index is 0.828. The van der Waals surface area contributed by atoms with Crippen molar-refractivity contribution in [3.05, 3.63) is 35.4 Å². The van der Waals surface area contributed by atoms with E-state index in [1.807, 2.05) is 7.05 Å². The zero-order valence-corrected chi connectivity index (χ0v) is 12.5. The van der Waals surface area contributed by atoms with Gasteiger partial charge in [0.05, 0.1) is 0 Å². The highest BCUT2D eigenvalue weighted by Gasteiger charge is 2.21. The molecule has 0 aliphatic heterocycles.